The summed E-state index contributed by atoms with van der Waals surface area (Å²) < 4.78 is 12.8. The molecule has 2 aromatic rings. The van der Waals surface area contributed by atoms with Gasteiger partial charge in [-0.05, 0) is 30.5 Å². The minimum Gasteiger partial charge on any atom is -0.355 e. The minimum atomic E-state index is -0.293. The lowest BCUT2D eigenvalue weighted by Gasteiger charge is -2.18. The van der Waals surface area contributed by atoms with E-state index in [9.17, 15) is 9.18 Å². The van der Waals surface area contributed by atoms with Gasteiger partial charge in [-0.15, -0.1) is 0 Å². The van der Waals surface area contributed by atoms with Crippen LogP contribution in [0.1, 0.15) is 55.2 Å². The summed E-state index contributed by atoms with van der Waals surface area (Å²) in [6.45, 7) is 0.513. The van der Waals surface area contributed by atoms with E-state index in [4.69, 9.17) is 0 Å². The fourth-order valence-electron chi connectivity index (χ4n) is 3.14. The van der Waals surface area contributed by atoms with Gasteiger partial charge in [-0.2, -0.15) is 5.10 Å². The van der Waals surface area contributed by atoms with Crippen LogP contribution in [0.3, 0.4) is 0 Å². The van der Waals surface area contributed by atoms with Gasteiger partial charge >= 0.3 is 0 Å². The van der Waals surface area contributed by atoms with Gasteiger partial charge in [-0.1, -0.05) is 31.4 Å². The second-order valence-electron chi connectivity index (χ2n) is 6.38. The van der Waals surface area contributed by atoms with Crippen molar-refractivity contribution in [1.82, 2.24) is 20.5 Å². The van der Waals surface area contributed by atoms with Crippen LogP contribution in [0.2, 0.25) is 0 Å². The van der Waals surface area contributed by atoms with Crippen LogP contribution >= 0.6 is 0 Å². The zero-order valence-corrected chi connectivity index (χ0v) is 13.7. The first-order valence-corrected chi connectivity index (χ1v) is 8.63. The Morgan fingerprint density at radius 1 is 1.21 bits per heavy atom. The summed E-state index contributed by atoms with van der Waals surface area (Å²) in [5.74, 6) is 1.85. The van der Waals surface area contributed by atoms with Crippen LogP contribution in [0.15, 0.2) is 24.3 Å². The number of rotatable bonds is 6. The standard InChI is InChI=1S/C18H23FN4O/c19-15-8-6-13(7-9-15)12-17(24)20-11-10-16-21-18(23-22-16)14-4-2-1-3-5-14/h6-9,14H,1-5,10-12H2,(H,20,24)(H,21,22,23). The number of aromatic nitrogens is 3. The summed E-state index contributed by atoms with van der Waals surface area (Å²) >= 11 is 0. The summed E-state index contributed by atoms with van der Waals surface area (Å²) in [5.41, 5.74) is 0.799. The maximum absolute atomic E-state index is 12.8. The van der Waals surface area contributed by atoms with E-state index in [2.05, 4.69) is 20.5 Å². The zero-order chi connectivity index (χ0) is 16.8. The molecule has 0 atom stereocenters. The van der Waals surface area contributed by atoms with E-state index >= 15 is 0 Å². The molecule has 1 aliphatic rings. The van der Waals surface area contributed by atoms with Gasteiger partial charge in [0.1, 0.15) is 11.6 Å². The lowest BCUT2D eigenvalue weighted by Crippen LogP contribution is -2.27. The van der Waals surface area contributed by atoms with Crippen molar-refractivity contribution < 1.29 is 9.18 Å². The fourth-order valence-corrected chi connectivity index (χ4v) is 3.14. The molecule has 1 amide bonds. The quantitative estimate of drug-likeness (QED) is 0.855. The molecule has 1 heterocycles. The number of aromatic amines is 1. The van der Waals surface area contributed by atoms with Crippen LogP contribution in [0.4, 0.5) is 4.39 Å². The average molecular weight is 330 g/mol. The number of nitrogens with zero attached hydrogens (tertiary/aromatic N) is 2. The van der Waals surface area contributed by atoms with Gasteiger partial charge in [0.25, 0.3) is 0 Å². The molecule has 0 aliphatic heterocycles. The number of halogens is 1. The van der Waals surface area contributed by atoms with Crippen LogP contribution in [0.5, 0.6) is 0 Å². The van der Waals surface area contributed by atoms with E-state index in [1.54, 1.807) is 12.1 Å². The third kappa shape index (κ3) is 4.63. The molecule has 3 rings (SSSR count). The SMILES string of the molecule is O=C(Cc1ccc(F)cc1)NCCc1nc(C2CCCCC2)n[nH]1. The molecule has 1 fully saturated rings. The van der Waals surface area contributed by atoms with Crippen molar-refractivity contribution in [2.75, 3.05) is 6.54 Å². The largest absolute Gasteiger partial charge is 0.355 e. The van der Waals surface area contributed by atoms with Crippen LogP contribution in [-0.4, -0.2) is 27.6 Å². The molecule has 0 radical (unpaired) electrons. The molecule has 24 heavy (non-hydrogen) atoms. The molecule has 1 saturated carbocycles. The van der Waals surface area contributed by atoms with E-state index in [1.807, 2.05) is 0 Å². The molecular weight excluding hydrogens is 307 g/mol. The van der Waals surface area contributed by atoms with Crippen molar-refractivity contribution in [1.29, 1.82) is 0 Å². The summed E-state index contributed by atoms with van der Waals surface area (Å²) in [5, 5.41) is 10.2. The predicted molar refractivity (Wildman–Crippen MR) is 89.0 cm³/mol. The number of carbonyl (C=O) groups excluding carboxylic acids is 1. The molecule has 0 bridgehead atoms. The van der Waals surface area contributed by atoms with Crippen molar-refractivity contribution in [3.05, 3.63) is 47.3 Å². The van der Waals surface area contributed by atoms with Crippen molar-refractivity contribution in [3.63, 3.8) is 0 Å². The Bertz CT molecular complexity index is 662. The normalized spacial score (nSPS) is 15.4. The fraction of sp³-hybridized carbons (Fsp3) is 0.500. The Balaban J connectivity index is 1.42. The van der Waals surface area contributed by atoms with Gasteiger partial charge in [0.15, 0.2) is 5.82 Å². The smallest absolute Gasteiger partial charge is 0.224 e. The molecule has 2 N–H and O–H groups in total. The summed E-state index contributed by atoms with van der Waals surface area (Å²) in [4.78, 5) is 16.5. The Labute approximate surface area is 141 Å². The van der Waals surface area contributed by atoms with Gasteiger partial charge in [-0.25, -0.2) is 9.37 Å². The molecule has 1 aromatic carbocycles. The highest BCUT2D eigenvalue weighted by Crippen LogP contribution is 2.30. The molecule has 0 spiro atoms. The van der Waals surface area contributed by atoms with Gasteiger partial charge in [0, 0.05) is 18.9 Å². The molecule has 5 nitrogen and oxygen atoms in total. The van der Waals surface area contributed by atoms with Gasteiger partial charge in [0.05, 0.1) is 6.42 Å². The Hall–Kier alpha value is -2.24. The highest BCUT2D eigenvalue weighted by atomic mass is 19.1. The third-order valence-electron chi connectivity index (χ3n) is 4.48. The van der Waals surface area contributed by atoms with Crippen molar-refractivity contribution in [2.24, 2.45) is 0 Å². The second-order valence-corrected chi connectivity index (χ2v) is 6.38. The van der Waals surface area contributed by atoms with Crippen molar-refractivity contribution in [2.45, 2.75) is 50.9 Å². The number of hydrogen-bond acceptors (Lipinski definition) is 3. The lowest BCUT2D eigenvalue weighted by atomic mass is 9.89. The second kappa shape index (κ2) is 8.04. The summed E-state index contributed by atoms with van der Waals surface area (Å²) in [6, 6.07) is 5.98. The van der Waals surface area contributed by atoms with E-state index in [-0.39, 0.29) is 18.1 Å². The summed E-state index contributed by atoms with van der Waals surface area (Å²) in [7, 11) is 0. The van der Waals surface area contributed by atoms with Crippen molar-refractivity contribution in [3.8, 4) is 0 Å². The third-order valence-corrected chi connectivity index (χ3v) is 4.48. The maximum atomic E-state index is 12.8. The van der Waals surface area contributed by atoms with E-state index in [1.165, 1.54) is 44.2 Å². The molecular formula is C18H23FN4O. The number of carbonyl (C=O) groups is 1. The van der Waals surface area contributed by atoms with E-state index in [0.29, 0.717) is 18.9 Å². The van der Waals surface area contributed by atoms with Gasteiger partial charge in [-0.3, -0.25) is 9.89 Å². The summed E-state index contributed by atoms with van der Waals surface area (Å²) in [6.07, 6.45) is 7.06. The highest BCUT2D eigenvalue weighted by molar-refractivity contribution is 5.78. The molecule has 0 saturated heterocycles. The number of benzene rings is 1. The topological polar surface area (TPSA) is 70.7 Å². The number of nitrogens with one attached hydrogen (secondary N) is 2. The van der Waals surface area contributed by atoms with E-state index in [0.717, 1.165) is 17.2 Å². The number of hydrogen-bond donors (Lipinski definition) is 2. The number of amides is 1. The molecule has 6 heteroatoms. The average Bonchev–Trinajstić information content (AvgIpc) is 3.07. The molecule has 1 aliphatic carbocycles. The van der Waals surface area contributed by atoms with E-state index < -0.39 is 0 Å². The first-order chi connectivity index (χ1) is 11.7. The number of H-pyrrole nitrogens is 1. The van der Waals surface area contributed by atoms with Crippen LogP contribution < -0.4 is 5.32 Å². The Morgan fingerprint density at radius 3 is 2.71 bits per heavy atom. The minimum absolute atomic E-state index is 0.0753. The zero-order valence-electron chi connectivity index (χ0n) is 13.7. The Kier molecular flexibility index (Phi) is 5.56. The molecule has 0 unspecified atom stereocenters. The van der Waals surface area contributed by atoms with Crippen molar-refractivity contribution >= 4 is 5.91 Å². The van der Waals surface area contributed by atoms with Crippen LogP contribution in [0, 0.1) is 5.82 Å². The lowest BCUT2D eigenvalue weighted by molar-refractivity contribution is -0.120. The van der Waals surface area contributed by atoms with Gasteiger partial charge < -0.3 is 5.32 Å². The predicted octanol–water partition coefficient (Wildman–Crippen LogP) is 2.89. The Morgan fingerprint density at radius 2 is 1.96 bits per heavy atom. The van der Waals surface area contributed by atoms with Crippen LogP contribution in [0.25, 0.3) is 0 Å². The maximum Gasteiger partial charge on any atom is 0.224 e. The van der Waals surface area contributed by atoms with Crippen LogP contribution in [-0.2, 0) is 17.6 Å². The monoisotopic (exact) mass is 330 g/mol. The van der Waals surface area contributed by atoms with Gasteiger partial charge in [0.2, 0.25) is 5.91 Å². The highest BCUT2D eigenvalue weighted by Gasteiger charge is 2.19. The molecule has 128 valence electrons. The first kappa shape index (κ1) is 16.6. The molecule has 1 aromatic heterocycles. The first-order valence-electron chi connectivity index (χ1n) is 8.63.